The first-order valence-electron chi connectivity index (χ1n) is 17.1. The van der Waals surface area contributed by atoms with E-state index in [4.69, 9.17) is 9.47 Å². The summed E-state index contributed by atoms with van der Waals surface area (Å²) in [7, 11) is 0. The molecule has 0 atom stereocenters. The van der Waals surface area contributed by atoms with Crippen molar-refractivity contribution in [3.05, 3.63) is 37.4 Å². The lowest BCUT2D eigenvalue weighted by molar-refractivity contribution is -0.732. The molecule has 0 aromatic carbocycles. The maximum absolute atomic E-state index is 5.88. The van der Waals surface area contributed by atoms with Crippen LogP contribution in [0.3, 0.4) is 0 Å². The molecule has 246 valence electrons. The number of unbranched alkanes of at least 4 members (excludes halogenated alkanes) is 17. The molecule has 0 saturated heterocycles. The molecule has 0 saturated carbocycles. The van der Waals surface area contributed by atoms with Crippen LogP contribution in [0.1, 0.15) is 142 Å². The molecule has 0 N–H and O–H groups in total. The second-order valence-electron chi connectivity index (χ2n) is 11.8. The van der Waals surface area contributed by atoms with Crippen LogP contribution in [0.4, 0.5) is 0 Å². The zero-order chi connectivity index (χ0) is 28.4. The van der Waals surface area contributed by atoms with E-state index in [-0.39, 0.29) is 24.8 Å². The molecule has 0 aliphatic rings. The van der Waals surface area contributed by atoms with Crippen LogP contribution in [0.5, 0.6) is 0 Å². The Hall–Kier alpha value is -1.08. The molecule has 2 heterocycles. The molecule has 0 fully saturated rings. The third-order valence-electron chi connectivity index (χ3n) is 7.84. The average Bonchev–Trinajstić information content (AvgIpc) is 3.62. The Morgan fingerprint density at radius 3 is 1.17 bits per heavy atom. The summed E-state index contributed by atoms with van der Waals surface area (Å²) in [6, 6.07) is 0. The number of hydrogen-bond acceptors (Lipinski definition) is 2. The molecule has 0 radical (unpaired) electrons. The summed E-state index contributed by atoms with van der Waals surface area (Å²) in [5.74, 6) is 0. The summed E-state index contributed by atoms with van der Waals surface area (Å²) in [4.78, 5) is 0. The van der Waals surface area contributed by atoms with Crippen molar-refractivity contribution in [2.45, 2.75) is 169 Å². The first-order valence-corrected chi connectivity index (χ1v) is 17.1. The van der Waals surface area contributed by atoms with E-state index in [0.717, 1.165) is 39.1 Å². The van der Waals surface area contributed by atoms with E-state index < -0.39 is 0 Å². The van der Waals surface area contributed by atoms with Gasteiger partial charge in [-0.2, -0.15) is 0 Å². The van der Waals surface area contributed by atoms with Gasteiger partial charge in [-0.05, 0) is 38.5 Å². The van der Waals surface area contributed by atoms with Crippen LogP contribution < -0.4 is 33.9 Å². The maximum Gasteiger partial charge on any atom is 0.245 e. The van der Waals surface area contributed by atoms with E-state index in [1.165, 1.54) is 116 Å². The van der Waals surface area contributed by atoms with E-state index >= 15 is 0 Å². The second kappa shape index (κ2) is 30.0. The van der Waals surface area contributed by atoms with Gasteiger partial charge in [0.1, 0.15) is 24.8 Å². The van der Waals surface area contributed by atoms with Gasteiger partial charge in [0.2, 0.25) is 12.7 Å². The van der Waals surface area contributed by atoms with Crippen LogP contribution in [-0.4, -0.2) is 22.3 Å². The maximum atomic E-state index is 5.88. The van der Waals surface area contributed by atoms with Crippen molar-refractivity contribution in [2.24, 2.45) is 0 Å². The molecule has 0 bridgehead atoms. The first-order chi connectivity index (χ1) is 19.8. The van der Waals surface area contributed by atoms with Crippen LogP contribution in [0, 0.1) is 0 Å². The van der Waals surface area contributed by atoms with E-state index in [0.29, 0.717) is 13.5 Å². The lowest BCUT2D eigenvalue weighted by Crippen LogP contribution is -3.00. The van der Waals surface area contributed by atoms with Crippen LogP contribution in [0.25, 0.3) is 0 Å². The summed E-state index contributed by atoms with van der Waals surface area (Å²) in [6.45, 7) is 9.78. The van der Waals surface area contributed by atoms with Crippen LogP contribution in [0.2, 0.25) is 0 Å². The van der Waals surface area contributed by atoms with Gasteiger partial charge in [0.05, 0.1) is 26.3 Å². The van der Waals surface area contributed by atoms with Gasteiger partial charge >= 0.3 is 0 Å². The molecule has 0 aliphatic carbocycles. The molecule has 0 amide bonds. The summed E-state index contributed by atoms with van der Waals surface area (Å²) < 4.78 is 20.7. The Morgan fingerprint density at radius 1 is 0.452 bits per heavy atom. The SMILES string of the molecule is CCCCCCCCCCn1cc[n+](COCCCCCCOC[n+]2ccn(CCCCCCCCCC)c2)c1.[Cl-].[Cl-]. The number of ether oxygens (including phenoxy) is 2. The molecule has 8 heteroatoms. The van der Waals surface area contributed by atoms with Gasteiger partial charge in [-0.25, -0.2) is 18.3 Å². The number of halogens is 2. The smallest absolute Gasteiger partial charge is 0.245 e. The molecule has 2 rings (SSSR count). The molecule has 0 spiro atoms. The largest absolute Gasteiger partial charge is 1.00 e. The van der Waals surface area contributed by atoms with Crippen molar-refractivity contribution in [3.63, 3.8) is 0 Å². The minimum atomic E-state index is 0. The monoisotopic (exact) mass is 630 g/mol. The average molecular weight is 632 g/mol. The van der Waals surface area contributed by atoms with E-state index in [1.807, 2.05) is 0 Å². The quantitative estimate of drug-likeness (QED) is 0.102. The standard InChI is InChI=1S/C34H64N4O2.2ClH/c1-3-5-7-9-11-13-15-19-23-35-25-27-37(31-35)33-39-29-21-17-18-22-30-40-34-38-28-26-36(32-38)24-20-16-14-12-10-8-6-4-2;;/h25-28,31-32H,3-24,29-30,33-34H2,1-2H3;2*1H/q+2;;/p-2. The van der Waals surface area contributed by atoms with Crippen molar-refractivity contribution < 1.29 is 43.4 Å². The fourth-order valence-corrected chi connectivity index (χ4v) is 5.25. The Labute approximate surface area is 271 Å². The molecule has 6 nitrogen and oxygen atoms in total. The van der Waals surface area contributed by atoms with Gasteiger partial charge in [-0.3, -0.25) is 0 Å². The van der Waals surface area contributed by atoms with Crippen molar-refractivity contribution >= 4 is 0 Å². The molecule has 0 aliphatic heterocycles. The summed E-state index contributed by atoms with van der Waals surface area (Å²) >= 11 is 0. The highest BCUT2D eigenvalue weighted by Crippen LogP contribution is 2.10. The van der Waals surface area contributed by atoms with E-state index in [2.05, 4.69) is 69.6 Å². The van der Waals surface area contributed by atoms with Gasteiger partial charge in [-0.15, -0.1) is 0 Å². The van der Waals surface area contributed by atoms with Crippen LogP contribution in [0.15, 0.2) is 37.4 Å². The molecular weight excluding hydrogens is 567 g/mol. The van der Waals surface area contributed by atoms with Gasteiger partial charge < -0.3 is 34.3 Å². The Balaban J connectivity index is 0.00000840. The number of aryl methyl sites for hydroxylation is 2. The van der Waals surface area contributed by atoms with Gasteiger partial charge in [0, 0.05) is 0 Å². The highest BCUT2D eigenvalue weighted by atomic mass is 35.5. The van der Waals surface area contributed by atoms with E-state index in [9.17, 15) is 0 Å². The lowest BCUT2D eigenvalue weighted by atomic mass is 10.1. The fourth-order valence-electron chi connectivity index (χ4n) is 5.25. The minimum Gasteiger partial charge on any atom is -1.00 e. The zero-order valence-electron chi connectivity index (χ0n) is 27.2. The summed E-state index contributed by atoms with van der Waals surface area (Å²) in [5, 5.41) is 0. The Kier molecular flexibility index (Phi) is 29.2. The Morgan fingerprint density at radius 2 is 0.786 bits per heavy atom. The van der Waals surface area contributed by atoms with Gasteiger partial charge in [-0.1, -0.05) is 104 Å². The normalized spacial score (nSPS) is 11.0. The topological polar surface area (TPSA) is 36.1 Å². The number of aromatic nitrogens is 4. The highest BCUT2D eigenvalue weighted by Gasteiger charge is 2.05. The fraction of sp³-hybridized carbons (Fsp3) is 0.824. The van der Waals surface area contributed by atoms with Crippen LogP contribution in [-0.2, 0) is 36.0 Å². The van der Waals surface area contributed by atoms with E-state index in [1.54, 1.807) is 0 Å². The highest BCUT2D eigenvalue weighted by molar-refractivity contribution is 4.66. The summed E-state index contributed by atoms with van der Waals surface area (Å²) in [5.41, 5.74) is 0. The van der Waals surface area contributed by atoms with Crippen molar-refractivity contribution in [1.82, 2.24) is 9.13 Å². The van der Waals surface area contributed by atoms with Crippen molar-refractivity contribution in [1.29, 1.82) is 0 Å². The van der Waals surface area contributed by atoms with Gasteiger partial charge in [0.15, 0.2) is 13.5 Å². The third-order valence-corrected chi connectivity index (χ3v) is 7.84. The molecular formula is C34H64Cl2N4O2. The van der Waals surface area contributed by atoms with Crippen molar-refractivity contribution in [3.8, 4) is 0 Å². The summed E-state index contributed by atoms with van der Waals surface area (Å²) in [6.07, 6.45) is 39.6. The van der Waals surface area contributed by atoms with Crippen molar-refractivity contribution in [2.75, 3.05) is 13.2 Å². The van der Waals surface area contributed by atoms with Crippen LogP contribution >= 0.6 is 0 Å². The number of hydrogen-bond donors (Lipinski definition) is 0. The second-order valence-corrected chi connectivity index (χ2v) is 11.8. The molecule has 2 aromatic rings. The predicted octanol–water partition coefficient (Wildman–Crippen LogP) is 2.36. The predicted molar refractivity (Wildman–Crippen MR) is 165 cm³/mol. The molecule has 0 unspecified atom stereocenters. The number of nitrogens with zero attached hydrogens (tertiary/aromatic N) is 4. The molecule has 2 aromatic heterocycles. The first kappa shape index (κ1) is 40.9. The Bertz CT molecular complexity index is 749. The molecule has 42 heavy (non-hydrogen) atoms. The third kappa shape index (κ3) is 22.5. The minimum absolute atomic E-state index is 0. The number of rotatable bonds is 29. The number of imidazole rings is 2. The van der Waals surface area contributed by atoms with Gasteiger partial charge in [0.25, 0.3) is 0 Å². The lowest BCUT2D eigenvalue weighted by Gasteiger charge is -2.03. The zero-order valence-corrected chi connectivity index (χ0v) is 28.7.